The van der Waals surface area contributed by atoms with Gasteiger partial charge in [-0.1, -0.05) is 6.07 Å². The molecule has 1 heterocycles. The van der Waals surface area contributed by atoms with Crippen molar-refractivity contribution in [3.63, 3.8) is 0 Å². The molecule has 5 nitrogen and oxygen atoms in total. The number of methoxy groups -OCH3 is 1. The summed E-state index contributed by atoms with van der Waals surface area (Å²) >= 11 is 0. The molecule has 1 unspecified atom stereocenters. The first-order valence-corrected chi connectivity index (χ1v) is 6.20. The van der Waals surface area contributed by atoms with E-state index in [1.54, 1.807) is 7.11 Å². The average Bonchev–Trinajstić information content (AvgIpc) is 2.73. The normalized spacial score (nSPS) is 12.4. The predicted octanol–water partition coefficient (Wildman–Crippen LogP) is 1.26. The Labute approximate surface area is 112 Å². The smallest absolute Gasteiger partial charge is 0.267 e. The van der Waals surface area contributed by atoms with Crippen LogP contribution in [0.3, 0.4) is 0 Å². The van der Waals surface area contributed by atoms with Gasteiger partial charge in [0.25, 0.3) is 5.91 Å². The van der Waals surface area contributed by atoms with Gasteiger partial charge >= 0.3 is 0 Å². The van der Waals surface area contributed by atoms with Crippen molar-refractivity contribution in [1.29, 1.82) is 0 Å². The van der Waals surface area contributed by atoms with E-state index >= 15 is 0 Å². The molecule has 102 valence electrons. The van der Waals surface area contributed by atoms with Gasteiger partial charge in [-0.15, -0.1) is 0 Å². The van der Waals surface area contributed by atoms with E-state index in [4.69, 9.17) is 10.5 Å². The minimum atomic E-state index is -0.127. The minimum absolute atomic E-state index is 0.0619. The van der Waals surface area contributed by atoms with Crippen LogP contribution in [-0.4, -0.2) is 30.2 Å². The number of amides is 1. The summed E-state index contributed by atoms with van der Waals surface area (Å²) in [5, 5.41) is 3.74. The summed E-state index contributed by atoms with van der Waals surface area (Å²) in [4.78, 5) is 12.1. The molecule has 1 aromatic carbocycles. The highest BCUT2D eigenvalue weighted by Crippen LogP contribution is 2.27. The molecule has 0 fully saturated rings. The number of nitrogens with one attached hydrogen (secondary N) is 1. The molecule has 0 aliphatic carbocycles. The molecule has 19 heavy (non-hydrogen) atoms. The molecule has 0 bridgehead atoms. The summed E-state index contributed by atoms with van der Waals surface area (Å²) in [5.41, 5.74) is 7.20. The van der Waals surface area contributed by atoms with Crippen LogP contribution in [0.25, 0.3) is 10.9 Å². The van der Waals surface area contributed by atoms with E-state index in [1.807, 2.05) is 42.8 Å². The van der Waals surface area contributed by atoms with E-state index in [1.165, 1.54) is 0 Å². The lowest BCUT2D eigenvalue weighted by atomic mass is 10.2. The van der Waals surface area contributed by atoms with Gasteiger partial charge in [-0.05, 0) is 25.1 Å². The zero-order chi connectivity index (χ0) is 14.0. The number of hydrogen-bond acceptors (Lipinski definition) is 3. The first-order chi connectivity index (χ1) is 9.04. The van der Waals surface area contributed by atoms with Gasteiger partial charge < -0.3 is 20.4 Å². The van der Waals surface area contributed by atoms with Crippen molar-refractivity contribution in [2.45, 2.75) is 13.0 Å². The third kappa shape index (κ3) is 2.56. The Bertz CT molecular complexity index is 602. The van der Waals surface area contributed by atoms with Crippen LogP contribution >= 0.6 is 0 Å². The standard InChI is InChI=1S/C14H19N3O2/c1-9(15)8-16-14(18)12-7-10-11(17(12)2)5-4-6-13(10)19-3/h4-7,9H,8,15H2,1-3H3,(H,16,18). The Morgan fingerprint density at radius 2 is 2.26 bits per heavy atom. The molecule has 5 heteroatoms. The highest BCUT2D eigenvalue weighted by atomic mass is 16.5. The Morgan fingerprint density at radius 3 is 2.89 bits per heavy atom. The average molecular weight is 261 g/mol. The van der Waals surface area contributed by atoms with E-state index in [9.17, 15) is 4.79 Å². The first kappa shape index (κ1) is 13.4. The molecule has 1 amide bonds. The van der Waals surface area contributed by atoms with Crippen LogP contribution < -0.4 is 15.8 Å². The lowest BCUT2D eigenvalue weighted by Gasteiger charge is -2.08. The molecule has 2 rings (SSSR count). The molecule has 3 N–H and O–H groups in total. The van der Waals surface area contributed by atoms with Crippen LogP contribution in [0, 0.1) is 0 Å². The number of aromatic nitrogens is 1. The molecule has 0 aliphatic rings. The first-order valence-electron chi connectivity index (χ1n) is 6.20. The monoisotopic (exact) mass is 261 g/mol. The molecule has 0 aliphatic heterocycles. The van der Waals surface area contributed by atoms with Gasteiger partial charge in [-0.3, -0.25) is 4.79 Å². The van der Waals surface area contributed by atoms with Crippen molar-refractivity contribution in [3.8, 4) is 5.75 Å². The predicted molar refractivity (Wildman–Crippen MR) is 75.5 cm³/mol. The highest BCUT2D eigenvalue weighted by molar-refractivity contribution is 6.00. The molecule has 0 saturated heterocycles. The fourth-order valence-electron chi connectivity index (χ4n) is 2.07. The fourth-order valence-corrected chi connectivity index (χ4v) is 2.07. The Morgan fingerprint density at radius 1 is 1.53 bits per heavy atom. The summed E-state index contributed by atoms with van der Waals surface area (Å²) < 4.78 is 7.16. The van der Waals surface area contributed by atoms with E-state index in [0.717, 1.165) is 16.7 Å². The Balaban J connectivity index is 2.39. The summed E-state index contributed by atoms with van der Waals surface area (Å²) in [5.74, 6) is 0.636. The van der Waals surface area contributed by atoms with Crippen molar-refractivity contribution < 1.29 is 9.53 Å². The number of nitrogens with two attached hydrogens (primary N) is 1. The molecule has 0 spiro atoms. The molecular weight excluding hydrogens is 242 g/mol. The van der Waals surface area contributed by atoms with Crippen LogP contribution in [0.4, 0.5) is 0 Å². The van der Waals surface area contributed by atoms with Gasteiger partial charge in [-0.2, -0.15) is 0 Å². The quantitative estimate of drug-likeness (QED) is 0.870. The number of benzene rings is 1. The van der Waals surface area contributed by atoms with Crippen molar-refractivity contribution in [3.05, 3.63) is 30.0 Å². The third-order valence-electron chi connectivity index (χ3n) is 3.08. The van der Waals surface area contributed by atoms with Crippen molar-refractivity contribution in [2.24, 2.45) is 12.8 Å². The second-order valence-corrected chi connectivity index (χ2v) is 4.67. The number of aryl methyl sites for hydroxylation is 1. The number of rotatable bonds is 4. The largest absolute Gasteiger partial charge is 0.496 e. The number of fused-ring (bicyclic) bond motifs is 1. The van der Waals surface area contributed by atoms with Crippen molar-refractivity contribution in [2.75, 3.05) is 13.7 Å². The molecular formula is C14H19N3O2. The lowest BCUT2D eigenvalue weighted by molar-refractivity contribution is 0.0944. The second-order valence-electron chi connectivity index (χ2n) is 4.67. The number of hydrogen-bond donors (Lipinski definition) is 2. The van der Waals surface area contributed by atoms with E-state index in [2.05, 4.69) is 5.32 Å². The highest BCUT2D eigenvalue weighted by Gasteiger charge is 2.15. The van der Waals surface area contributed by atoms with E-state index < -0.39 is 0 Å². The van der Waals surface area contributed by atoms with Gasteiger partial charge in [0.1, 0.15) is 11.4 Å². The molecule has 0 radical (unpaired) electrons. The summed E-state index contributed by atoms with van der Waals surface area (Å²) in [7, 11) is 3.49. The van der Waals surface area contributed by atoms with Crippen molar-refractivity contribution in [1.82, 2.24) is 9.88 Å². The summed E-state index contributed by atoms with van der Waals surface area (Å²) in [6, 6.07) is 7.52. The number of carbonyl (C=O) groups excluding carboxylic acids is 1. The van der Waals surface area contributed by atoms with E-state index in [-0.39, 0.29) is 11.9 Å². The number of carbonyl (C=O) groups is 1. The maximum absolute atomic E-state index is 12.1. The SMILES string of the molecule is COc1cccc2c1cc(C(=O)NCC(C)N)n2C. The summed E-state index contributed by atoms with van der Waals surface area (Å²) in [6.45, 7) is 2.31. The van der Waals surface area contributed by atoms with E-state index in [0.29, 0.717) is 12.2 Å². The second kappa shape index (κ2) is 5.32. The molecule has 1 aromatic heterocycles. The van der Waals surface area contributed by atoms with Crippen molar-refractivity contribution >= 4 is 16.8 Å². The zero-order valence-electron chi connectivity index (χ0n) is 11.4. The molecule has 0 saturated carbocycles. The number of nitrogens with zero attached hydrogens (tertiary/aromatic N) is 1. The lowest BCUT2D eigenvalue weighted by Crippen LogP contribution is -2.35. The molecule has 1 atom stereocenters. The van der Waals surface area contributed by atoms with Gasteiger partial charge in [-0.25, -0.2) is 0 Å². The zero-order valence-corrected chi connectivity index (χ0v) is 11.4. The topological polar surface area (TPSA) is 69.3 Å². The van der Waals surface area contributed by atoms with Crippen LogP contribution in [0.2, 0.25) is 0 Å². The maximum atomic E-state index is 12.1. The van der Waals surface area contributed by atoms with Crippen LogP contribution in [0.5, 0.6) is 5.75 Å². The fraction of sp³-hybridized carbons (Fsp3) is 0.357. The third-order valence-corrected chi connectivity index (χ3v) is 3.08. The number of ether oxygens (including phenoxy) is 1. The molecule has 2 aromatic rings. The minimum Gasteiger partial charge on any atom is -0.496 e. The van der Waals surface area contributed by atoms with Gasteiger partial charge in [0, 0.05) is 25.0 Å². The summed E-state index contributed by atoms with van der Waals surface area (Å²) in [6.07, 6.45) is 0. The Hall–Kier alpha value is -2.01. The maximum Gasteiger partial charge on any atom is 0.267 e. The van der Waals surface area contributed by atoms with Gasteiger partial charge in [0.15, 0.2) is 0 Å². The Kier molecular flexibility index (Phi) is 3.76. The van der Waals surface area contributed by atoms with Gasteiger partial charge in [0.2, 0.25) is 0 Å². The van der Waals surface area contributed by atoms with Gasteiger partial charge in [0.05, 0.1) is 12.6 Å². The van der Waals surface area contributed by atoms with Crippen LogP contribution in [0.1, 0.15) is 17.4 Å². The van der Waals surface area contributed by atoms with Crippen LogP contribution in [0.15, 0.2) is 24.3 Å². The van der Waals surface area contributed by atoms with Crippen LogP contribution in [-0.2, 0) is 7.05 Å².